The number of methoxy groups -OCH3 is 1. The van der Waals surface area contributed by atoms with Gasteiger partial charge in [0.15, 0.2) is 0 Å². The van der Waals surface area contributed by atoms with Gasteiger partial charge in [-0.15, -0.1) is 0 Å². The highest BCUT2D eigenvalue weighted by Crippen LogP contribution is 2.28. The third kappa shape index (κ3) is 3.94. The Morgan fingerprint density at radius 1 is 1.47 bits per heavy atom. The molecule has 0 amide bonds. The predicted octanol–water partition coefficient (Wildman–Crippen LogP) is 2.89. The molecule has 1 N–H and O–H groups in total. The fourth-order valence-electron chi connectivity index (χ4n) is 2.80. The van der Waals surface area contributed by atoms with E-state index in [0.29, 0.717) is 5.41 Å². The Hall–Kier alpha value is -0.580. The molecule has 2 rings (SSSR count). The summed E-state index contributed by atoms with van der Waals surface area (Å²) in [4.78, 5) is 2.40. The number of nitrogens with one attached hydrogen (secondary N) is 1. The number of rotatable bonds is 5. The van der Waals surface area contributed by atoms with E-state index in [9.17, 15) is 0 Å². The van der Waals surface area contributed by atoms with Crippen molar-refractivity contribution in [3.05, 3.63) is 28.2 Å². The largest absolute Gasteiger partial charge is 0.497 e. The average Bonchev–Trinajstić information content (AvgIpc) is 2.78. The van der Waals surface area contributed by atoms with Gasteiger partial charge in [0.05, 0.1) is 7.11 Å². The highest BCUT2D eigenvalue weighted by molar-refractivity contribution is 9.10. The number of hydrogen-bond acceptors (Lipinski definition) is 3. The molecule has 1 unspecified atom stereocenters. The molecule has 1 aromatic rings. The number of ether oxygens (including phenoxy) is 1. The lowest BCUT2D eigenvalue weighted by molar-refractivity contribution is 0.203. The Morgan fingerprint density at radius 2 is 2.26 bits per heavy atom. The lowest BCUT2D eigenvalue weighted by atomic mass is 9.89. The SMILES string of the molecule is COc1ccc(Br)c(CN(C)CC2(C)CCNC2)c1. The fourth-order valence-corrected chi connectivity index (χ4v) is 3.17. The van der Waals surface area contributed by atoms with Gasteiger partial charge in [-0.05, 0) is 49.2 Å². The van der Waals surface area contributed by atoms with Crippen LogP contribution in [-0.4, -0.2) is 38.7 Å². The summed E-state index contributed by atoms with van der Waals surface area (Å²) in [6.45, 7) is 6.69. The number of benzene rings is 1. The lowest BCUT2D eigenvalue weighted by Gasteiger charge is -2.29. The van der Waals surface area contributed by atoms with Crippen LogP contribution in [0.15, 0.2) is 22.7 Å². The van der Waals surface area contributed by atoms with Crippen molar-refractivity contribution >= 4 is 15.9 Å². The maximum atomic E-state index is 5.30. The molecule has 0 aliphatic carbocycles. The van der Waals surface area contributed by atoms with Crippen molar-refractivity contribution < 1.29 is 4.74 Å². The van der Waals surface area contributed by atoms with Gasteiger partial charge in [-0.1, -0.05) is 22.9 Å². The summed E-state index contributed by atoms with van der Waals surface area (Å²) in [5, 5.41) is 3.46. The van der Waals surface area contributed by atoms with Gasteiger partial charge in [0.2, 0.25) is 0 Å². The van der Waals surface area contributed by atoms with Crippen LogP contribution in [0, 0.1) is 5.41 Å². The van der Waals surface area contributed by atoms with E-state index in [1.54, 1.807) is 7.11 Å². The number of halogens is 1. The maximum Gasteiger partial charge on any atom is 0.119 e. The molecule has 106 valence electrons. The summed E-state index contributed by atoms with van der Waals surface area (Å²) in [5.41, 5.74) is 1.68. The zero-order valence-corrected chi connectivity index (χ0v) is 13.6. The highest BCUT2D eigenvalue weighted by Gasteiger charge is 2.29. The Balaban J connectivity index is 2.00. The van der Waals surface area contributed by atoms with Crippen molar-refractivity contribution in [2.45, 2.75) is 19.9 Å². The average molecular weight is 327 g/mol. The maximum absolute atomic E-state index is 5.30. The number of nitrogens with zero attached hydrogens (tertiary/aromatic N) is 1. The van der Waals surface area contributed by atoms with Crippen LogP contribution in [0.3, 0.4) is 0 Å². The van der Waals surface area contributed by atoms with Crippen LogP contribution in [-0.2, 0) is 6.54 Å². The molecule has 1 saturated heterocycles. The minimum atomic E-state index is 0.403. The van der Waals surface area contributed by atoms with E-state index in [1.807, 2.05) is 6.07 Å². The first kappa shape index (κ1) is 14.8. The zero-order valence-electron chi connectivity index (χ0n) is 12.0. The quantitative estimate of drug-likeness (QED) is 0.900. The summed E-state index contributed by atoms with van der Waals surface area (Å²) in [6, 6.07) is 6.15. The summed E-state index contributed by atoms with van der Waals surface area (Å²) in [5.74, 6) is 0.917. The molecule has 1 aromatic carbocycles. The molecule has 19 heavy (non-hydrogen) atoms. The molecule has 1 aliphatic heterocycles. The van der Waals surface area contributed by atoms with E-state index in [1.165, 1.54) is 12.0 Å². The van der Waals surface area contributed by atoms with Gasteiger partial charge in [-0.25, -0.2) is 0 Å². The van der Waals surface area contributed by atoms with Crippen molar-refractivity contribution in [2.75, 3.05) is 33.8 Å². The van der Waals surface area contributed by atoms with E-state index >= 15 is 0 Å². The molecule has 3 nitrogen and oxygen atoms in total. The topological polar surface area (TPSA) is 24.5 Å². The van der Waals surface area contributed by atoms with Crippen molar-refractivity contribution in [3.8, 4) is 5.75 Å². The van der Waals surface area contributed by atoms with E-state index in [2.05, 4.69) is 52.3 Å². The van der Waals surface area contributed by atoms with Gasteiger partial charge in [-0.2, -0.15) is 0 Å². The molecular formula is C15H23BrN2O. The third-order valence-electron chi connectivity index (χ3n) is 3.80. The zero-order chi connectivity index (χ0) is 13.9. The Kier molecular flexibility index (Phi) is 4.87. The smallest absolute Gasteiger partial charge is 0.119 e. The molecular weight excluding hydrogens is 304 g/mol. The van der Waals surface area contributed by atoms with Crippen LogP contribution in [0.1, 0.15) is 18.9 Å². The summed E-state index contributed by atoms with van der Waals surface area (Å²) in [7, 11) is 3.90. The molecule has 1 heterocycles. The van der Waals surface area contributed by atoms with Crippen LogP contribution in [0.2, 0.25) is 0 Å². The number of hydrogen-bond donors (Lipinski definition) is 1. The fraction of sp³-hybridized carbons (Fsp3) is 0.600. The lowest BCUT2D eigenvalue weighted by Crippen LogP contribution is -2.34. The summed E-state index contributed by atoms with van der Waals surface area (Å²) >= 11 is 3.62. The second-order valence-electron chi connectivity index (χ2n) is 5.87. The first-order chi connectivity index (χ1) is 9.02. The van der Waals surface area contributed by atoms with Gasteiger partial charge < -0.3 is 15.0 Å². The van der Waals surface area contributed by atoms with Crippen molar-refractivity contribution in [1.82, 2.24) is 10.2 Å². The van der Waals surface area contributed by atoms with Crippen LogP contribution in [0.4, 0.5) is 0 Å². The first-order valence-corrected chi connectivity index (χ1v) is 7.53. The summed E-state index contributed by atoms with van der Waals surface area (Å²) < 4.78 is 6.44. The molecule has 0 aromatic heterocycles. The van der Waals surface area contributed by atoms with Gasteiger partial charge in [0, 0.05) is 24.1 Å². The molecule has 0 radical (unpaired) electrons. The Bertz CT molecular complexity index is 430. The normalized spacial score (nSPS) is 23.0. The van der Waals surface area contributed by atoms with E-state index < -0.39 is 0 Å². The molecule has 4 heteroatoms. The highest BCUT2D eigenvalue weighted by atomic mass is 79.9. The van der Waals surface area contributed by atoms with Crippen LogP contribution in [0.5, 0.6) is 5.75 Å². The minimum absolute atomic E-state index is 0.403. The van der Waals surface area contributed by atoms with Gasteiger partial charge in [0.1, 0.15) is 5.75 Å². The van der Waals surface area contributed by atoms with Crippen LogP contribution >= 0.6 is 15.9 Å². The predicted molar refractivity (Wildman–Crippen MR) is 82.6 cm³/mol. The molecule has 1 atom stereocenters. The van der Waals surface area contributed by atoms with Gasteiger partial charge in [0.25, 0.3) is 0 Å². The second kappa shape index (κ2) is 6.25. The van der Waals surface area contributed by atoms with Crippen LogP contribution in [0.25, 0.3) is 0 Å². The molecule has 1 fully saturated rings. The van der Waals surface area contributed by atoms with Crippen LogP contribution < -0.4 is 10.1 Å². The molecule has 1 aliphatic rings. The van der Waals surface area contributed by atoms with E-state index in [-0.39, 0.29) is 0 Å². The van der Waals surface area contributed by atoms with Crippen molar-refractivity contribution in [1.29, 1.82) is 0 Å². The monoisotopic (exact) mass is 326 g/mol. The van der Waals surface area contributed by atoms with Crippen molar-refractivity contribution in [3.63, 3.8) is 0 Å². The minimum Gasteiger partial charge on any atom is -0.497 e. The van der Waals surface area contributed by atoms with E-state index in [0.717, 1.165) is 36.4 Å². The van der Waals surface area contributed by atoms with E-state index in [4.69, 9.17) is 4.74 Å². The molecule has 0 bridgehead atoms. The van der Waals surface area contributed by atoms with Crippen molar-refractivity contribution in [2.24, 2.45) is 5.41 Å². The molecule has 0 spiro atoms. The third-order valence-corrected chi connectivity index (χ3v) is 4.58. The molecule has 0 saturated carbocycles. The Labute approximate surface area is 124 Å². The second-order valence-corrected chi connectivity index (χ2v) is 6.72. The Morgan fingerprint density at radius 3 is 2.89 bits per heavy atom. The first-order valence-electron chi connectivity index (χ1n) is 6.74. The standard InChI is InChI=1S/C15H23BrN2O/c1-15(6-7-17-10-15)11-18(2)9-12-8-13(19-3)4-5-14(12)16/h4-5,8,17H,6-7,9-11H2,1-3H3. The van der Waals surface area contributed by atoms with Gasteiger partial charge >= 0.3 is 0 Å². The summed E-state index contributed by atoms with van der Waals surface area (Å²) in [6.07, 6.45) is 1.26. The van der Waals surface area contributed by atoms with Gasteiger partial charge in [-0.3, -0.25) is 0 Å².